The standard InChI is InChI=1S/C22H22Cl2F2N2O5S/c23-15-9-28(30)10-16(24)14(15)8-18(32-21(29)20-27-5-6-34-20)13-3-4-17(33-22(25)26)19(7-13)31-11-12-1-2-12/h3-4,7,9-10,12,18,20,22,27H,1-2,5-6,8,11H2. The van der Waals surface area contributed by atoms with Gasteiger partial charge in [-0.05, 0) is 36.5 Å². The van der Waals surface area contributed by atoms with E-state index in [2.05, 4.69) is 10.1 Å². The molecule has 2 unspecified atom stereocenters. The summed E-state index contributed by atoms with van der Waals surface area (Å²) in [6, 6.07) is 4.39. The number of aromatic nitrogens is 1. The number of halogens is 4. The number of alkyl halides is 2. The molecule has 2 aliphatic rings. The second-order valence-corrected chi connectivity index (χ2v) is 9.99. The van der Waals surface area contributed by atoms with E-state index in [4.69, 9.17) is 32.7 Å². The Labute approximate surface area is 209 Å². The summed E-state index contributed by atoms with van der Waals surface area (Å²) in [6.45, 7) is -1.97. The third-order valence-corrected chi connectivity index (χ3v) is 7.15. The number of ether oxygens (including phenoxy) is 3. The van der Waals surface area contributed by atoms with Crippen LogP contribution in [0.1, 0.15) is 30.1 Å². The number of hydrogen-bond donors (Lipinski definition) is 1. The Morgan fingerprint density at radius 1 is 1.24 bits per heavy atom. The molecule has 1 aromatic heterocycles. The Balaban J connectivity index is 1.65. The molecule has 0 amide bonds. The number of nitrogens with zero attached hydrogens (tertiary/aromatic N) is 1. The Hall–Kier alpha value is -2.01. The molecule has 34 heavy (non-hydrogen) atoms. The van der Waals surface area contributed by atoms with Crippen LogP contribution >= 0.6 is 35.0 Å². The van der Waals surface area contributed by atoms with Crippen LogP contribution in [0, 0.1) is 11.1 Å². The maximum atomic E-state index is 12.9. The third kappa shape index (κ3) is 6.56. The number of thioether (sulfide) groups is 1. The third-order valence-electron chi connectivity index (χ3n) is 5.36. The fourth-order valence-corrected chi connectivity index (χ4v) is 4.94. The predicted octanol–water partition coefficient (Wildman–Crippen LogP) is 4.51. The largest absolute Gasteiger partial charge is 0.619 e. The van der Waals surface area contributed by atoms with Crippen LogP contribution in [0.4, 0.5) is 8.78 Å². The maximum Gasteiger partial charge on any atom is 0.387 e. The van der Waals surface area contributed by atoms with E-state index in [0.717, 1.165) is 31.0 Å². The van der Waals surface area contributed by atoms with Gasteiger partial charge in [-0.3, -0.25) is 5.32 Å². The highest BCUT2D eigenvalue weighted by molar-refractivity contribution is 8.00. The Bertz CT molecular complexity index is 1020. The average molecular weight is 535 g/mol. The lowest BCUT2D eigenvalue weighted by Gasteiger charge is -2.22. The molecule has 0 bridgehead atoms. The van der Waals surface area contributed by atoms with Gasteiger partial charge >= 0.3 is 12.6 Å². The highest BCUT2D eigenvalue weighted by Gasteiger charge is 2.30. The second kappa shape index (κ2) is 11.2. The molecular formula is C22H22Cl2F2N2O5S. The highest BCUT2D eigenvalue weighted by atomic mass is 35.5. The zero-order chi connectivity index (χ0) is 24.2. The van der Waals surface area contributed by atoms with Crippen LogP contribution in [0.2, 0.25) is 10.0 Å². The van der Waals surface area contributed by atoms with Gasteiger partial charge in [0.1, 0.15) is 16.1 Å². The van der Waals surface area contributed by atoms with Gasteiger partial charge in [0.05, 0.1) is 6.61 Å². The van der Waals surface area contributed by atoms with Crippen molar-refractivity contribution in [2.45, 2.75) is 37.4 Å². The second-order valence-electron chi connectivity index (χ2n) is 7.97. The molecule has 12 heteroatoms. The van der Waals surface area contributed by atoms with E-state index in [0.29, 0.717) is 34.9 Å². The molecule has 0 radical (unpaired) electrons. The molecule has 2 fully saturated rings. The molecule has 1 aromatic carbocycles. The lowest BCUT2D eigenvalue weighted by Crippen LogP contribution is -2.32. The van der Waals surface area contributed by atoms with E-state index >= 15 is 0 Å². The zero-order valence-electron chi connectivity index (χ0n) is 17.8. The van der Waals surface area contributed by atoms with Gasteiger partial charge in [0.15, 0.2) is 29.3 Å². The van der Waals surface area contributed by atoms with Crippen LogP contribution in [0.3, 0.4) is 0 Å². The van der Waals surface area contributed by atoms with Gasteiger partial charge in [0, 0.05) is 24.3 Å². The number of hydrogen-bond acceptors (Lipinski definition) is 7. The van der Waals surface area contributed by atoms with Crippen molar-refractivity contribution >= 4 is 40.9 Å². The van der Waals surface area contributed by atoms with Crippen LogP contribution in [0.15, 0.2) is 30.6 Å². The van der Waals surface area contributed by atoms with Gasteiger partial charge < -0.3 is 19.4 Å². The van der Waals surface area contributed by atoms with Crippen molar-refractivity contribution in [1.82, 2.24) is 5.32 Å². The average Bonchev–Trinajstić information content (AvgIpc) is 3.44. The smallest absolute Gasteiger partial charge is 0.387 e. The minimum absolute atomic E-state index is 0.0543. The molecule has 1 saturated carbocycles. The first-order valence-electron chi connectivity index (χ1n) is 10.6. The molecular weight excluding hydrogens is 513 g/mol. The fourth-order valence-electron chi connectivity index (χ4n) is 3.44. The van der Waals surface area contributed by atoms with Gasteiger partial charge in [0.25, 0.3) is 0 Å². The normalized spacial score (nSPS) is 18.7. The van der Waals surface area contributed by atoms with Crippen LogP contribution in [0.5, 0.6) is 11.5 Å². The maximum absolute atomic E-state index is 12.9. The van der Waals surface area contributed by atoms with E-state index in [1.54, 1.807) is 0 Å². The lowest BCUT2D eigenvalue weighted by atomic mass is 10.0. The molecule has 1 N–H and O–H groups in total. The Morgan fingerprint density at radius 2 is 1.97 bits per heavy atom. The Morgan fingerprint density at radius 3 is 2.59 bits per heavy atom. The first kappa shape index (κ1) is 25.1. The van der Waals surface area contributed by atoms with E-state index in [1.165, 1.54) is 30.0 Å². The van der Waals surface area contributed by atoms with Crippen molar-refractivity contribution in [3.63, 3.8) is 0 Å². The summed E-state index contributed by atoms with van der Waals surface area (Å²) < 4.78 is 42.5. The molecule has 184 valence electrons. The summed E-state index contributed by atoms with van der Waals surface area (Å²) in [5.41, 5.74) is 0.892. The lowest BCUT2D eigenvalue weighted by molar-refractivity contribution is -0.605. The quantitative estimate of drug-likeness (QED) is 0.273. The number of pyridine rings is 1. The first-order chi connectivity index (χ1) is 16.3. The zero-order valence-corrected chi connectivity index (χ0v) is 20.2. The molecule has 2 aromatic rings. The summed E-state index contributed by atoms with van der Waals surface area (Å²) in [5, 5.41) is 14.4. The molecule has 4 rings (SSSR count). The van der Waals surface area contributed by atoms with Crippen molar-refractivity contribution in [2.24, 2.45) is 5.92 Å². The minimum atomic E-state index is -3.02. The number of nitrogens with one attached hydrogen (secondary N) is 1. The molecule has 1 aliphatic carbocycles. The van der Waals surface area contributed by atoms with E-state index < -0.39 is 24.1 Å². The number of carbonyl (C=O) groups excluding carboxylic acids is 1. The van der Waals surface area contributed by atoms with Crippen LogP contribution < -0.4 is 19.5 Å². The van der Waals surface area contributed by atoms with E-state index in [1.807, 2.05) is 0 Å². The highest BCUT2D eigenvalue weighted by Crippen LogP contribution is 2.38. The van der Waals surface area contributed by atoms with Crippen molar-refractivity contribution in [3.05, 3.63) is 57.0 Å². The minimum Gasteiger partial charge on any atom is -0.619 e. The summed E-state index contributed by atoms with van der Waals surface area (Å²) in [7, 11) is 0. The van der Waals surface area contributed by atoms with Crippen molar-refractivity contribution in [2.75, 3.05) is 18.9 Å². The summed E-state index contributed by atoms with van der Waals surface area (Å²) in [6.07, 6.45) is 3.51. The monoisotopic (exact) mass is 534 g/mol. The van der Waals surface area contributed by atoms with Gasteiger partial charge in [0.2, 0.25) is 0 Å². The molecule has 2 atom stereocenters. The summed E-state index contributed by atoms with van der Waals surface area (Å²) in [4.78, 5) is 12.8. The van der Waals surface area contributed by atoms with Crippen LogP contribution in [0.25, 0.3) is 0 Å². The summed E-state index contributed by atoms with van der Waals surface area (Å²) >= 11 is 13.9. The van der Waals surface area contributed by atoms with E-state index in [9.17, 15) is 18.8 Å². The molecule has 1 saturated heterocycles. The van der Waals surface area contributed by atoms with Crippen molar-refractivity contribution in [1.29, 1.82) is 0 Å². The number of esters is 1. The van der Waals surface area contributed by atoms with Gasteiger partial charge in [-0.2, -0.15) is 13.5 Å². The van der Waals surface area contributed by atoms with E-state index in [-0.39, 0.29) is 28.0 Å². The number of rotatable bonds is 10. The fraction of sp³-hybridized carbons (Fsp3) is 0.455. The number of carbonyl (C=O) groups is 1. The van der Waals surface area contributed by atoms with Gasteiger partial charge in [-0.15, -0.1) is 11.8 Å². The van der Waals surface area contributed by atoms with Crippen LogP contribution in [-0.4, -0.2) is 36.9 Å². The predicted molar refractivity (Wildman–Crippen MR) is 124 cm³/mol. The van der Waals surface area contributed by atoms with Crippen molar-refractivity contribution < 1.29 is 32.5 Å². The van der Waals surface area contributed by atoms with Gasteiger partial charge in [-0.25, -0.2) is 4.79 Å². The first-order valence-corrected chi connectivity index (χ1v) is 12.4. The Kier molecular flexibility index (Phi) is 8.23. The molecule has 2 heterocycles. The SMILES string of the molecule is O=C(OC(Cc1c(Cl)c[n+]([O-])cc1Cl)c1ccc(OC(F)F)c(OCC2CC2)c1)C1NCCS1. The summed E-state index contributed by atoms with van der Waals surface area (Å²) in [5.74, 6) is 0.677. The molecule has 1 aliphatic heterocycles. The molecule has 0 spiro atoms. The number of benzene rings is 1. The van der Waals surface area contributed by atoms with Crippen molar-refractivity contribution in [3.8, 4) is 11.5 Å². The van der Waals surface area contributed by atoms with Crippen LogP contribution in [-0.2, 0) is 16.0 Å². The van der Waals surface area contributed by atoms with Gasteiger partial charge in [-0.1, -0.05) is 29.3 Å². The molecule has 7 nitrogen and oxygen atoms in total. The topological polar surface area (TPSA) is 83.7 Å².